The topological polar surface area (TPSA) is 60.5 Å². The van der Waals surface area contributed by atoms with Gasteiger partial charge in [-0.2, -0.15) is 0 Å². The van der Waals surface area contributed by atoms with Gasteiger partial charge in [0.25, 0.3) is 0 Å². The Morgan fingerprint density at radius 1 is 1.16 bits per heavy atom. The lowest BCUT2D eigenvalue weighted by atomic mass is 10.2. The second-order valence-electron chi connectivity index (χ2n) is 5.38. The highest BCUT2D eigenvalue weighted by Gasteiger charge is 2.08. The molecule has 2 aromatic carbocycles. The van der Waals surface area contributed by atoms with E-state index in [2.05, 4.69) is 10.3 Å². The van der Waals surface area contributed by atoms with Crippen LogP contribution < -0.4 is 14.8 Å². The van der Waals surface area contributed by atoms with Crippen molar-refractivity contribution in [2.75, 3.05) is 19.5 Å². The molecule has 0 bridgehead atoms. The molecule has 0 spiro atoms. The third-order valence-corrected chi connectivity index (χ3v) is 4.62. The quantitative estimate of drug-likeness (QED) is 0.695. The van der Waals surface area contributed by atoms with Crippen LogP contribution in [0.4, 0.5) is 5.13 Å². The Labute approximate surface area is 149 Å². The Morgan fingerprint density at radius 2 is 1.96 bits per heavy atom. The average molecular weight is 354 g/mol. The van der Waals surface area contributed by atoms with E-state index in [0.717, 1.165) is 21.3 Å². The molecule has 1 heterocycles. The standard InChI is InChI=1S/C19H18N2O3S/c1-12-5-4-6-16-18(12)21-19(25-16)20-17(22)10-8-13-7-9-14(23-2)15(11-13)24-3/h4-11H,1-3H3,(H,20,21,22). The summed E-state index contributed by atoms with van der Waals surface area (Å²) in [5, 5.41) is 3.39. The third kappa shape index (κ3) is 3.80. The van der Waals surface area contributed by atoms with Crippen molar-refractivity contribution in [3.05, 3.63) is 53.6 Å². The van der Waals surface area contributed by atoms with Crippen molar-refractivity contribution in [3.63, 3.8) is 0 Å². The highest BCUT2D eigenvalue weighted by molar-refractivity contribution is 7.22. The second-order valence-corrected chi connectivity index (χ2v) is 6.41. The monoisotopic (exact) mass is 354 g/mol. The molecule has 0 aliphatic carbocycles. The molecule has 3 rings (SSSR count). The van der Waals surface area contributed by atoms with E-state index in [1.165, 1.54) is 17.4 Å². The number of amides is 1. The molecule has 1 aromatic heterocycles. The number of rotatable bonds is 5. The van der Waals surface area contributed by atoms with E-state index < -0.39 is 0 Å². The largest absolute Gasteiger partial charge is 0.493 e. The van der Waals surface area contributed by atoms with E-state index in [-0.39, 0.29) is 5.91 Å². The van der Waals surface area contributed by atoms with E-state index in [1.807, 2.05) is 37.3 Å². The summed E-state index contributed by atoms with van der Waals surface area (Å²) in [5.41, 5.74) is 2.86. The molecule has 0 fully saturated rings. The fourth-order valence-electron chi connectivity index (χ4n) is 2.42. The van der Waals surface area contributed by atoms with E-state index in [9.17, 15) is 4.79 Å². The van der Waals surface area contributed by atoms with Crippen LogP contribution in [-0.4, -0.2) is 25.1 Å². The summed E-state index contributed by atoms with van der Waals surface area (Å²) in [6.07, 6.45) is 3.19. The molecular weight excluding hydrogens is 336 g/mol. The van der Waals surface area contributed by atoms with Crippen LogP contribution in [0.25, 0.3) is 16.3 Å². The number of carbonyl (C=O) groups excluding carboxylic acids is 1. The van der Waals surface area contributed by atoms with Gasteiger partial charge in [0.05, 0.1) is 24.4 Å². The highest BCUT2D eigenvalue weighted by Crippen LogP contribution is 2.29. The molecule has 0 atom stereocenters. The van der Waals surface area contributed by atoms with Gasteiger partial charge in [-0.05, 0) is 42.3 Å². The van der Waals surface area contributed by atoms with Gasteiger partial charge < -0.3 is 9.47 Å². The minimum atomic E-state index is -0.230. The number of ether oxygens (including phenoxy) is 2. The molecule has 0 unspecified atom stereocenters. The van der Waals surface area contributed by atoms with Gasteiger partial charge in [0.2, 0.25) is 5.91 Å². The summed E-state index contributed by atoms with van der Waals surface area (Å²) >= 11 is 1.46. The normalized spacial score (nSPS) is 11.0. The molecule has 128 valence electrons. The van der Waals surface area contributed by atoms with Crippen molar-refractivity contribution in [2.24, 2.45) is 0 Å². The number of nitrogens with one attached hydrogen (secondary N) is 1. The van der Waals surface area contributed by atoms with Gasteiger partial charge in [0, 0.05) is 6.08 Å². The molecule has 0 saturated carbocycles. The number of anilines is 1. The van der Waals surface area contributed by atoms with Crippen molar-refractivity contribution >= 4 is 38.7 Å². The van der Waals surface area contributed by atoms with Crippen LogP contribution in [0, 0.1) is 6.92 Å². The number of para-hydroxylation sites is 1. The number of aromatic nitrogens is 1. The molecule has 0 radical (unpaired) electrons. The highest BCUT2D eigenvalue weighted by atomic mass is 32.1. The Balaban J connectivity index is 1.73. The van der Waals surface area contributed by atoms with E-state index in [4.69, 9.17) is 9.47 Å². The van der Waals surface area contributed by atoms with E-state index in [1.54, 1.807) is 26.4 Å². The van der Waals surface area contributed by atoms with Crippen LogP contribution in [0.15, 0.2) is 42.5 Å². The van der Waals surface area contributed by atoms with Crippen molar-refractivity contribution in [1.29, 1.82) is 0 Å². The molecule has 5 nitrogen and oxygen atoms in total. The third-order valence-electron chi connectivity index (χ3n) is 3.69. The number of fused-ring (bicyclic) bond motifs is 1. The number of methoxy groups -OCH3 is 2. The number of aryl methyl sites for hydroxylation is 1. The van der Waals surface area contributed by atoms with Crippen LogP contribution >= 0.6 is 11.3 Å². The Hall–Kier alpha value is -2.86. The second kappa shape index (κ2) is 7.36. The molecular formula is C19H18N2O3S. The SMILES string of the molecule is COc1ccc(C=CC(=O)Nc2nc3c(C)cccc3s2)cc1OC. The maximum Gasteiger partial charge on any atom is 0.250 e. The van der Waals surface area contributed by atoms with Gasteiger partial charge in [0.15, 0.2) is 16.6 Å². The number of carbonyl (C=O) groups is 1. The van der Waals surface area contributed by atoms with E-state index in [0.29, 0.717) is 16.6 Å². The van der Waals surface area contributed by atoms with Gasteiger partial charge in [-0.3, -0.25) is 10.1 Å². The first-order valence-electron chi connectivity index (χ1n) is 7.68. The summed E-state index contributed by atoms with van der Waals surface area (Å²) in [6, 6.07) is 11.4. The van der Waals surface area contributed by atoms with Crippen LogP contribution in [0.2, 0.25) is 0 Å². The summed E-state index contributed by atoms with van der Waals surface area (Å²) in [6.45, 7) is 2.00. The fraction of sp³-hybridized carbons (Fsp3) is 0.158. The maximum absolute atomic E-state index is 12.1. The zero-order chi connectivity index (χ0) is 17.8. The van der Waals surface area contributed by atoms with E-state index >= 15 is 0 Å². The van der Waals surface area contributed by atoms with Gasteiger partial charge in [-0.1, -0.05) is 29.5 Å². The summed E-state index contributed by atoms with van der Waals surface area (Å²) in [4.78, 5) is 16.6. The number of benzene rings is 2. The van der Waals surface area contributed by atoms with Crippen molar-refractivity contribution in [1.82, 2.24) is 4.98 Å². The molecule has 0 saturated heterocycles. The number of hydrogen-bond donors (Lipinski definition) is 1. The number of nitrogens with zero attached hydrogens (tertiary/aromatic N) is 1. The van der Waals surface area contributed by atoms with Crippen molar-refractivity contribution in [3.8, 4) is 11.5 Å². The average Bonchev–Trinajstić information content (AvgIpc) is 3.03. The number of hydrogen-bond acceptors (Lipinski definition) is 5. The zero-order valence-corrected chi connectivity index (χ0v) is 15.0. The fourth-order valence-corrected chi connectivity index (χ4v) is 3.36. The molecule has 0 aliphatic heterocycles. The zero-order valence-electron chi connectivity index (χ0n) is 14.2. The molecule has 3 aromatic rings. The molecule has 25 heavy (non-hydrogen) atoms. The van der Waals surface area contributed by atoms with Gasteiger partial charge in [-0.15, -0.1) is 0 Å². The predicted octanol–water partition coefficient (Wildman–Crippen LogP) is 4.27. The lowest BCUT2D eigenvalue weighted by Gasteiger charge is -2.07. The summed E-state index contributed by atoms with van der Waals surface area (Å²) in [7, 11) is 3.16. The molecule has 6 heteroatoms. The smallest absolute Gasteiger partial charge is 0.250 e. The van der Waals surface area contributed by atoms with Crippen molar-refractivity contribution in [2.45, 2.75) is 6.92 Å². The lowest BCUT2D eigenvalue weighted by Crippen LogP contribution is -2.07. The molecule has 0 aliphatic rings. The molecule has 1 N–H and O–H groups in total. The van der Waals surface area contributed by atoms with Crippen LogP contribution in [0.1, 0.15) is 11.1 Å². The minimum absolute atomic E-state index is 0.230. The van der Waals surface area contributed by atoms with Crippen LogP contribution in [0.3, 0.4) is 0 Å². The maximum atomic E-state index is 12.1. The van der Waals surface area contributed by atoms with Crippen LogP contribution in [0.5, 0.6) is 11.5 Å². The molecule has 1 amide bonds. The first-order valence-corrected chi connectivity index (χ1v) is 8.49. The van der Waals surface area contributed by atoms with Gasteiger partial charge in [-0.25, -0.2) is 4.98 Å². The number of thiazole rings is 1. The van der Waals surface area contributed by atoms with Gasteiger partial charge in [0.1, 0.15) is 0 Å². The van der Waals surface area contributed by atoms with Gasteiger partial charge >= 0.3 is 0 Å². The Morgan fingerprint density at radius 3 is 2.68 bits per heavy atom. The summed E-state index contributed by atoms with van der Waals surface area (Å²) in [5.74, 6) is 1.03. The van der Waals surface area contributed by atoms with Crippen LogP contribution in [-0.2, 0) is 4.79 Å². The summed E-state index contributed by atoms with van der Waals surface area (Å²) < 4.78 is 11.5. The predicted molar refractivity (Wildman–Crippen MR) is 102 cm³/mol. The first kappa shape index (κ1) is 17.0. The first-order chi connectivity index (χ1) is 12.1. The Kier molecular flexibility index (Phi) is 5.00. The lowest BCUT2D eigenvalue weighted by molar-refractivity contribution is -0.111. The minimum Gasteiger partial charge on any atom is -0.493 e. The van der Waals surface area contributed by atoms with Crippen molar-refractivity contribution < 1.29 is 14.3 Å². The Bertz CT molecular complexity index is 947.